The summed E-state index contributed by atoms with van der Waals surface area (Å²) in [6.45, 7) is 5.08. The molecule has 1 N–H and O–H groups in total. The topological polar surface area (TPSA) is 62.2 Å². The van der Waals surface area contributed by atoms with Crippen LogP contribution in [0.15, 0.2) is 18.2 Å². The molecule has 2 atom stereocenters. The summed E-state index contributed by atoms with van der Waals surface area (Å²) in [5.74, 6) is 0.940. The van der Waals surface area contributed by atoms with Gasteiger partial charge in [0.15, 0.2) is 0 Å². The average Bonchev–Trinajstić information content (AvgIpc) is 2.72. The smallest absolute Gasteiger partial charge is 0.253 e. The highest BCUT2D eigenvalue weighted by molar-refractivity contribution is 6.32. The summed E-state index contributed by atoms with van der Waals surface area (Å²) in [6.07, 6.45) is 2.64. The van der Waals surface area contributed by atoms with E-state index in [1.54, 1.807) is 25.3 Å². The van der Waals surface area contributed by atoms with Crippen LogP contribution in [-0.4, -0.2) is 80.0 Å². The van der Waals surface area contributed by atoms with Crippen LogP contribution in [0, 0.1) is 5.92 Å². The van der Waals surface area contributed by atoms with Gasteiger partial charge in [-0.2, -0.15) is 0 Å². The second-order valence-electron chi connectivity index (χ2n) is 7.23. The summed E-state index contributed by atoms with van der Waals surface area (Å²) in [4.78, 5) is 17.4. The number of likely N-dealkylation sites (tertiary alicyclic amines) is 1. The number of nitrogens with zero attached hydrogens (tertiary/aromatic N) is 2. The molecule has 0 radical (unpaired) electrons. The third-order valence-electron chi connectivity index (χ3n) is 5.63. The van der Waals surface area contributed by atoms with Crippen molar-refractivity contribution in [2.75, 3.05) is 53.1 Å². The third kappa shape index (κ3) is 4.93. The highest BCUT2D eigenvalue weighted by Crippen LogP contribution is 2.29. The molecule has 2 aliphatic heterocycles. The predicted molar refractivity (Wildman–Crippen MR) is 105 cm³/mol. The number of benzene rings is 1. The van der Waals surface area contributed by atoms with Gasteiger partial charge >= 0.3 is 0 Å². The zero-order valence-electron chi connectivity index (χ0n) is 15.9. The van der Waals surface area contributed by atoms with Crippen molar-refractivity contribution in [2.45, 2.75) is 25.3 Å². The van der Waals surface area contributed by atoms with Crippen LogP contribution in [0.5, 0.6) is 5.75 Å². The fourth-order valence-electron chi connectivity index (χ4n) is 4.21. The molecule has 1 amide bonds. The second-order valence-corrected chi connectivity index (χ2v) is 7.64. The second kappa shape index (κ2) is 9.73. The van der Waals surface area contributed by atoms with Crippen molar-refractivity contribution in [3.63, 3.8) is 0 Å². The van der Waals surface area contributed by atoms with Crippen molar-refractivity contribution in [2.24, 2.45) is 5.92 Å². The minimum absolute atomic E-state index is 0.00831. The first-order chi connectivity index (χ1) is 13.1. The maximum Gasteiger partial charge on any atom is 0.253 e. The molecule has 27 heavy (non-hydrogen) atoms. The summed E-state index contributed by atoms with van der Waals surface area (Å²) in [6, 6.07) is 5.63. The monoisotopic (exact) mass is 396 g/mol. The van der Waals surface area contributed by atoms with Crippen molar-refractivity contribution in [1.82, 2.24) is 9.80 Å². The molecule has 0 saturated carbocycles. The normalized spacial score (nSPS) is 24.0. The highest BCUT2D eigenvalue weighted by atomic mass is 35.5. The Labute approximate surface area is 166 Å². The molecule has 0 spiro atoms. The van der Waals surface area contributed by atoms with Gasteiger partial charge in [0.05, 0.1) is 25.3 Å². The van der Waals surface area contributed by atoms with Crippen molar-refractivity contribution in [1.29, 1.82) is 0 Å². The van der Waals surface area contributed by atoms with Crippen molar-refractivity contribution in [3.05, 3.63) is 28.8 Å². The molecule has 1 aromatic rings. The number of aliphatic hydroxyl groups excluding tert-OH is 1. The van der Waals surface area contributed by atoms with E-state index in [4.69, 9.17) is 21.1 Å². The van der Waals surface area contributed by atoms with Gasteiger partial charge in [-0.1, -0.05) is 11.6 Å². The van der Waals surface area contributed by atoms with Crippen LogP contribution in [0.2, 0.25) is 5.02 Å². The first-order valence-corrected chi connectivity index (χ1v) is 10.1. The lowest BCUT2D eigenvalue weighted by Gasteiger charge is -2.45. The lowest BCUT2D eigenvalue weighted by atomic mass is 9.86. The maximum atomic E-state index is 13.0. The quantitative estimate of drug-likeness (QED) is 0.799. The Hall–Kier alpha value is -1.34. The van der Waals surface area contributed by atoms with Gasteiger partial charge in [0, 0.05) is 44.4 Å². The van der Waals surface area contributed by atoms with Gasteiger partial charge in [-0.05, 0) is 43.4 Å². The number of ether oxygens (including phenoxy) is 2. The lowest BCUT2D eigenvalue weighted by molar-refractivity contribution is -0.0196. The number of carbonyl (C=O) groups is 1. The molecule has 7 heteroatoms. The van der Waals surface area contributed by atoms with Crippen LogP contribution in [0.25, 0.3) is 0 Å². The van der Waals surface area contributed by atoms with Gasteiger partial charge in [0.25, 0.3) is 5.91 Å². The van der Waals surface area contributed by atoms with Crippen LogP contribution in [-0.2, 0) is 4.74 Å². The van der Waals surface area contributed by atoms with E-state index in [-0.39, 0.29) is 12.5 Å². The SMILES string of the molecule is COc1ccc(C(=O)N2CC[C@H](N3CCOCC3)[C@H](CCCO)C2)cc1Cl. The first kappa shape index (κ1) is 20.4. The van der Waals surface area contributed by atoms with E-state index in [1.165, 1.54) is 0 Å². The Morgan fingerprint density at radius 2 is 2.11 bits per heavy atom. The number of carbonyl (C=O) groups excluding carboxylic acids is 1. The van der Waals surface area contributed by atoms with Crippen LogP contribution < -0.4 is 4.74 Å². The van der Waals surface area contributed by atoms with Crippen LogP contribution >= 0.6 is 11.6 Å². The van der Waals surface area contributed by atoms with E-state index in [9.17, 15) is 9.90 Å². The molecule has 0 unspecified atom stereocenters. The molecule has 6 nitrogen and oxygen atoms in total. The molecular formula is C20H29ClN2O4. The number of aliphatic hydroxyl groups is 1. The van der Waals surface area contributed by atoms with Gasteiger partial charge < -0.3 is 19.5 Å². The number of morpholine rings is 1. The van der Waals surface area contributed by atoms with Gasteiger partial charge in [-0.25, -0.2) is 0 Å². The minimum atomic E-state index is 0.00831. The molecular weight excluding hydrogens is 368 g/mol. The van der Waals surface area contributed by atoms with E-state index in [0.717, 1.165) is 52.1 Å². The number of halogens is 1. The summed E-state index contributed by atoms with van der Waals surface area (Å²) >= 11 is 6.19. The molecule has 2 aliphatic rings. The number of piperidine rings is 1. The largest absolute Gasteiger partial charge is 0.495 e. The highest BCUT2D eigenvalue weighted by Gasteiger charge is 2.35. The van der Waals surface area contributed by atoms with Gasteiger partial charge in [-0.3, -0.25) is 9.69 Å². The number of amides is 1. The Balaban J connectivity index is 1.70. The minimum Gasteiger partial charge on any atom is -0.495 e. The van der Waals surface area contributed by atoms with Crippen LogP contribution in [0.4, 0.5) is 0 Å². The average molecular weight is 397 g/mol. The fourth-order valence-corrected chi connectivity index (χ4v) is 4.47. The predicted octanol–water partition coefficient (Wildman–Crippen LogP) is 2.28. The van der Waals surface area contributed by atoms with E-state index in [2.05, 4.69) is 4.90 Å². The molecule has 1 aromatic carbocycles. The Morgan fingerprint density at radius 1 is 1.33 bits per heavy atom. The molecule has 150 valence electrons. The first-order valence-electron chi connectivity index (χ1n) is 9.69. The Kier molecular flexibility index (Phi) is 7.35. The molecule has 0 bridgehead atoms. The fraction of sp³-hybridized carbons (Fsp3) is 0.650. The summed E-state index contributed by atoms with van der Waals surface area (Å²) in [7, 11) is 1.56. The number of hydrogen-bond donors (Lipinski definition) is 1. The molecule has 2 fully saturated rings. The Morgan fingerprint density at radius 3 is 2.78 bits per heavy atom. The summed E-state index contributed by atoms with van der Waals surface area (Å²) in [5, 5.41) is 9.73. The van der Waals surface area contributed by atoms with E-state index in [0.29, 0.717) is 34.8 Å². The zero-order chi connectivity index (χ0) is 19.2. The summed E-state index contributed by atoms with van der Waals surface area (Å²) in [5.41, 5.74) is 0.589. The van der Waals surface area contributed by atoms with Gasteiger partial charge in [-0.15, -0.1) is 0 Å². The van der Waals surface area contributed by atoms with E-state index >= 15 is 0 Å². The van der Waals surface area contributed by atoms with Crippen molar-refractivity contribution >= 4 is 17.5 Å². The van der Waals surface area contributed by atoms with E-state index in [1.807, 2.05) is 4.90 Å². The molecule has 3 rings (SSSR count). The van der Waals surface area contributed by atoms with Gasteiger partial charge in [0.2, 0.25) is 0 Å². The summed E-state index contributed by atoms with van der Waals surface area (Å²) < 4.78 is 10.7. The number of hydrogen-bond acceptors (Lipinski definition) is 5. The van der Waals surface area contributed by atoms with E-state index < -0.39 is 0 Å². The number of methoxy groups -OCH3 is 1. The lowest BCUT2D eigenvalue weighted by Crippen LogP contribution is -2.55. The van der Waals surface area contributed by atoms with Crippen LogP contribution in [0.1, 0.15) is 29.6 Å². The zero-order valence-corrected chi connectivity index (χ0v) is 16.7. The van der Waals surface area contributed by atoms with Crippen molar-refractivity contribution < 1.29 is 19.4 Å². The van der Waals surface area contributed by atoms with Gasteiger partial charge in [0.1, 0.15) is 5.75 Å². The molecule has 0 aliphatic carbocycles. The molecule has 0 aromatic heterocycles. The molecule has 2 saturated heterocycles. The van der Waals surface area contributed by atoms with Crippen molar-refractivity contribution in [3.8, 4) is 5.75 Å². The molecule has 2 heterocycles. The Bertz CT molecular complexity index is 636. The maximum absolute atomic E-state index is 13.0. The third-order valence-corrected chi connectivity index (χ3v) is 5.92. The van der Waals surface area contributed by atoms with Crippen LogP contribution in [0.3, 0.4) is 0 Å². The standard InChI is InChI=1S/C20H29ClN2O4/c1-26-19-5-4-15(13-17(19)21)20(25)23-7-6-18(16(14-23)3-2-10-24)22-8-11-27-12-9-22/h4-5,13,16,18,24H,2-3,6-12,14H2,1H3/t16-,18+/m1/s1. The number of rotatable bonds is 6.